The molecule has 3 aromatic rings. The van der Waals surface area contributed by atoms with Crippen molar-refractivity contribution in [2.75, 3.05) is 0 Å². The Kier molecular flexibility index (Phi) is 2.81. The first kappa shape index (κ1) is 12.6. The zero-order valence-corrected chi connectivity index (χ0v) is 12.5. The molecule has 0 aliphatic heterocycles. The predicted molar refractivity (Wildman–Crippen MR) is 87.8 cm³/mol. The topological polar surface area (TPSA) is 12.9 Å². The molecule has 2 atom stereocenters. The zero-order chi connectivity index (χ0) is 14.4. The number of nitrogens with zero attached hydrogens (tertiary/aromatic N) is 1. The smallest absolute Gasteiger partial charge is 0.0705 e. The molecule has 0 N–H and O–H groups in total. The van der Waals surface area contributed by atoms with Crippen LogP contribution in [0.4, 0.5) is 0 Å². The lowest BCUT2D eigenvalue weighted by molar-refractivity contribution is 0.621. The summed E-state index contributed by atoms with van der Waals surface area (Å²) in [4.78, 5) is 4.82. The van der Waals surface area contributed by atoms with Crippen molar-refractivity contribution in [3.63, 3.8) is 0 Å². The van der Waals surface area contributed by atoms with Gasteiger partial charge in [-0.05, 0) is 54.0 Å². The van der Waals surface area contributed by atoms with Gasteiger partial charge in [0.15, 0.2) is 0 Å². The third-order valence-electron chi connectivity index (χ3n) is 4.94. The number of fused-ring (bicyclic) bond motifs is 2. The van der Waals surface area contributed by atoms with Crippen LogP contribution in [-0.4, -0.2) is 4.98 Å². The van der Waals surface area contributed by atoms with Crippen molar-refractivity contribution in [3.05, 3.63) is 77.0 Å². The molecule has 4 rings (SSSR count). The van der Waals surface area contributed by atoms with Crippen LogP contribution >= 0.6 is 0 Å². The Morgan fingerprint density at radius 3 is 2.57 bits per heavy atom. The molecule has 2 aromatic carbocycles. The van der Waals surface area contributed by atoms with Crippen molar-refractivity contribution in [1.82, 2.24) is 4.98 Å². The number of rotatable bonds is 1. The average Bonchev–Trinajstić information content (AvgIpc) is 2.84. The minimum absolute atomic E-state index is 0.555. The van der Waals surface area contributed by atoms with Crippen molar-refractivity contribution >= 4 is 10.9 Å². The highest BCUT2D eigenvalue weighted by Gasteiger charge is 2.31. The van der Waals surface area contributed by atoms with Gasteiger partial charge >= 0.3 is 0 Å². The Labute approximate surface area is 125 Å². The Balaban J connectivity index is 1.83. The third kappa shape index (κ3) is 1.96. The highest BCUT2D eigenvalue weighted by atomic mass is 14.7. The second-order valence-corrected chi connectivity index (χ2v) is 6.15. The van der Waals surface area contributed by atoms with Crippen LogP contribution in [0, 0.1) is 6.92 Å². The Hall–Kier alpha value is -2.15. The van der Waals surface area contributed by atoms with Gasteiger partial charge in [0.1, 0.15) is 0 Å². The maximum atomic E-state index is 4.82. The van der Waals surface area contributed by atoms with E-state index < -0.39 is 0 Å². The molecular weight excluding hydrogens is 254 g/mol. The summed E-state index contributed by atoms with van der Waals surface area (Å²) in [7, 11) is 0. The van der Waals surface area contributed by atoms with Gasteiger partial charge in [-0.3, -0.25) is 4.98 Å². The third-order valence-corrected chi connectivity index (χ3v) is 4.94. The lowest BCUT2D eigenvalue weighted by Crippen LogP contribution is -2.06. The number of aromatic nitrogens is 1. The van der Waals surface area contributed by atoms with E-state index in [4.69, 9.17) is 4.98 Å². The lowest BCUT2D eigenvalue weighted by Gasteiger charge is -2.19. The first-order valence-corrected chi connectivity index (χ1v) is 7.68. The number of hydrogen-bond donors (Lipinski definition) is 0. The molecule has 0 bridgehead atoms. The van der Waals surface area contributed by atoms with E-state index in [1.54, 1.807) is 0 Å². The van der Waals surface area contributed by atoms with Crippen molar-refractivity contribution in [2.24, 2.45) is 0 Å². The van der Waals surface area contributed by atoms with Crippen LogP contribution < -0.4 is 0 Å². The normalized spacial score (nSPS) is 20.7. The second kappa shape index (κ2) is 4.70. The van der Waals surface area contributed by atoms with Gasteiger partial charge in [0, 0.05) is 11.1 Å². The maximum Gasteiger partial charge on any atom is 0.0705 e. The largest absolute Gasteiger partial charge is 0.253 e. The molecule has 0 saturated heterocycles. The van der Waals surface area contributed by atoms with E-state index in [9.17, 15) is 0 Å². The van der Waals surface area contributed by atoms with Gasteiger partial charge in [-0.1, -0.05) is 49.4 Å². The molecular formula is C20H19N. The fourth-order valence-corrected chi connectivity index (χ4v) is 3.78. The lowest BCUT2D eigenvalue weighted by atomic mass is 9.86. The molecule has 0 amide bonds. The van der Waals surface area contributed by atoms with Gasteiger partial charge in [0.05, 0.1) is 5.52 Å². The summed E-state index contributed by atoms with van der Waals surface area (Å²) in [6.45, 7) is 4.50. The molecule has 1 unspecified atom stereocenters. The first-order valence-electron chi connectivity index (χ1n) is 7.68. The molecule has 0 fully saturated rings. The average molecular weight is 273 g/mol. The fraction of sp³-hybridized carbons (Fsp3) is 0.250. The molecule has 1 heteroatoms. The number of benzene rings is 2. The minimum Gasteiger partial charge on any atom is -0.253 e. The molecule has 104 valence electrons. The van der Waals surface area contributed by atoms with Gasteiger partial charge in [-0.2, -0.15) is 0 Å². The van der Waals surface area contributed by atoms with E-state index in [0.29, 0.717) is 11.8 Å². The van der Waals surface area contributed by atoms with E-state index in [-0.39, 0.29) is 0 Å². The molecule has 0 spiro atoms. The quantitative estimate of drug-likeness (QED) is 0.609. The van der Waals surface area contributed by atoms with E-state index in [1.807, 2.05) is 0 Å². The Bertz CT molecular complexity index is 819. The molecule has 0 radical (unpaired) electrons. The van der Waals surface area contributed by atoms with Gasteiger partial charge in [-0.25, -0.2) is 0 Å². The van der Waals surface area contributed by atoms with Gasteiger partial charge in [-0.15, -0.1) is 0 Å². The van der Waals surface area contributed by atoms with Crippen LogP contribution in [0.15, 0.2) is 54.6 Å². The van der Waals surface area contributed by atoms with Crippen LogP contribution in [0.3, 0.4) is 0 Å². The van der Waals surface area contributed by atoms with Gasteiger partial charge < -0.3 is 0 Å². The standard InChI is InChI=1S/C20H19N/c1-13-17-9-5-3-7-15(17)11-18(13)19-12-16-8-4-6-10-20(16)21-14(19)2/h3-10,12-13,18H,11H2,1-2H3/t13-,18?/m1/s1. The van der Waals surface area contributed by atoms with Crippen LogP contribution in [0.5, 0.6) is 0 Å². The summed E-state index contributed by atoms with van der Waals surface area (Å²) in [5.74, 6) is 1.13. The van der Waals surface area contributed by atoms with E-state index >= 15 is 0 Å². The van der Waals surface area contributed by atoms with Crippen LogP contribution in [0.2, 0.25) is 0 Å². The predicted octanol–water partition coefficient (Wildman–Crippen LogP) is 4.99. The van der Waals surface area contributed by atoms with Crippen LogP contribution in [0.25, 0.3) is 10.9 Å². The van der Waals surface area contributed by atoms with Crippen molar-refractivity contribution in [1.29, 1.82) is 0 Å². The van der Waals surface area contributed by atoms with Crippen molar-refractivity contribution < 1.29 is 0 Å². The Morgan fingerprint density at radius 2 is 1.71 bits per heavy atom. The zero-order valence-electron chi connectivity index (χ0n) is 12.5. The van der Waals surface area contributed by atoms with E-state index in [0.717, 1.165) is 11.9 Å². The van der Waals surface area contributed by atoms with Crippen molar-refractivity contribution in [3.8, 4) is 0 Å². The SMILES string of the molecule is Cc1nc2ccccc2cc1C1Cc2ccccc2[C@H]1C. The molecule has 1 aliphatic carbocycles. The molecule has 1 heterocycles. The molecule has 21 heavy (non-hydrogen) atoms. The summed E-state index contributed by atoms with van der Waals surface area (Å²) in [5, 5.41) is 1.25. The van der Waals surface area contributed by atoms with E-state index in [2.05, 4.69) is 68.4 Å². The number of hydrogen-bond acceptors (Lipinski definition) is 1. The number of aryl methyl sites for hydroxylation is 1. The van der Waals surface area contributed by atoms with Crippen molar-refractivity contribution in [2.45, 2.75) is 32.1 Å². The highest BCUT2D eigenvalue weighted by Crippen LogP contribution is 2.44. The van der Waals surface area contributed by atoms with Gasteiger partial charge in [0.2, 0.25) is 0 Å². The van der Waals surface area contributed by atoms with Crippen LogP contribution in [0.1, 0.15) is 41.1 Å². The molecule has 1 aromatic heterocycles. The van der Waals surface area contributed by atoms with Gasteiger partial charge in [0.25, 0.3) is 0 Å². The summed E-state index contributed by atoms with van der Waals surface area (Å²) in [6, 6.07) is 19.6. The monoisotopic (exact) mass is 273 g/mol. The Morgan fingerprint density at radius 1 is 0.952 bits per heavy atom. The molecule has 1 nitrogen and oxygen atoms in total. The highest BCUT2D eigenvalue weighted by molar-refractivity contribution is 5.79. The van der Waals surface area contributed by atoms with Crippen LogP contribution in [-0.2, 0) is 6.42 Å². The number of pyridine rings is 1. The summed E-state index contributed by atoms with van der Waals surface area (Å²) >= 11 is 0. The number of para-hydroxylation sites is 1. The first-order chi connectivity index (χ1) is 10.2. The summed E-state index contributed by atoms with van der Waals surface area (Å²) in [5.41, 5.74) is 6.70. The molecule has 0 saturated carbocycles. The maximum absolute atomic E-state index is 4.82. The summed E-state index contributed by atoms with van der Waals surface area (Å²) < 4.78 is 0. The molecule has 1 aliphatic rings. The minimum atomic E-state index is 0.555. The van der Waals surface area contributed by atoms with E-state index in [1.165, 1.54) is 27.8 Å². The fourth-order valence-electron chi connectivity index (χ4n) is 3.78. The second-order valence-electron chi connectivity index (χ2n) is 6.15. The summed E-state index contributed by atoms with van der Waals surface area (Å²) in [6.07, 6.45) is 1.14.